The number of nitrogens with two attached hydrogens (primary N) is 1. The molecule has 1 nitrogen and oxygen atoms in total. The molecule has 0 aromatic heterocycles. The van der Waals surface area contributed by atoms with Crippen molar-refractivity contribution in [1.82, 2.24) is 0 Å². The van der Waals surface area contributed by atoms with E-state index in [2.05, 4.69) is 50.7 Å². The van der Waals surface area contributed by atoms with Crippen molar-refractivity contribution < 1.29 is 0 Å². The number of benzene rings is 1. The molecule has 0 spiro atoms. The first-order chi connectivity index (χ1) is 4.72. The smallest absolute Gasteiger partial charge is 0.0189 e. The molecular weight excluding hydrogens is 340 g/mol. The molecule has 0 saturated carbocycles. The molecule has 62 valence electrons. The van der Waals surface area contributed by atoms with E-state index in [1.165, 1.54) is 9.13 Å². The Bertz CT molecular complexity index is 222. The van der Waals surface area contributed by atoms with Crippen LogP contribution in [0.3, 0.4) is 0 Å². The van der Waals surface area contributed by atoms with Gasteiger partial charge in [-0.15, -0.1) is 12.4 Å². The van der Waals surface area contributed by atoms with E-state index in [0.29, 0.717) is 6.54 Å². The normalized spacial score (nSPS) is 9.00. The summed E-state index contributed by atoms with van der Waals surface area (Å²) in [5, 5.41) is 0. The molecule has 1 rings (SSSR count). The summed E-state index contributed by atoms with van der Waals surface area (Å²) in [6, 6.07) is 6.16. The Kier molecular flexibility index (Phi) is 5.68. The van der Waals surface area contributed by atoms with Gasteiger partial charge in [0.25, 0.3) is 0 Å². The Hall–Kier alpha value is 0.680. The van der Waals surface area contributed by atoms with E-state index in [1.54, 1.807) is 0 Å². The molecule has 0 bridgehead atoms. The topological polar surface area (TPSA) is 26.0 Å². The molecule has 0 saturated heterocycles. The number of halogens is 3. The molecule has 0 heterocycles. The van der Waals surface area contributed by atoms with Gasteiger partial charge < -0.3 is 5.73 Å². The molecule has 1 aromatic carbocycles. The van der Waals surface area contributed by atoms with Crippen molar-refractivity contribution in [3.8, 4) is 0 Å². The summed E-state index contributed by atoms with van der Waals surface area (Å²) >= 11 is 5.66. The van der Waals surface area contributed by atoms with Crippen LogP contribution >= 0.6 is 50.9 Å². The molecule has 0 radical (unpaired) electrons. The van der Waals surface area contributed by atoms with Crippen LogP contribution in [0.2, 0.25) is 0 Å². The van der Waals surface area contributed by atoms with Crippen LogP contribution in [0, 0.1) is 3.57 Å². The third-order valence-electron chi connectivity index (χ3n) is 1.16. The van der Waals surface area contributed by atoms with Crippen molar-refractivity contribution >= 4 is 50.9 Å². The highest BCUT2D eigenvalue weighted by Gasteiger charge is 1.93. The Balaban J connectivity index is 0.000001000. The molecule has 11 heavy (non-hydrogen) atoms. The summed E-state index contributed by atoms with van der Waals surface area (Å²) in [5.41, 5.74) is 6.63. The van der Waals surface area contributed by atoms with Crippen LogP contribution in [0.1, 0.15) is 5.56 Å². The van der Waals surface area contributed by atoms with Crippen LogP contribution in [0.4, 0.5) is 0 Å². The van der Waals surface area contributed by atoms with Gasteiger partial charge in [-0.2, -0.15) is 0 Å². The van der Waals surface area contributed by atoms with Gasteiger partial charge in [-0.1, -0.05) is 15.9 Å². The number of hydrogen-bond donors (Lipinski definition) is 1. The van der Waals surface area contributed by atoms with E-state index in [9.17, 15) is 0 Å². The molecule has 0 amide bonds. The summed E-state index contributed by atoms with van der Waals surface area (Å²) in [6.07, 6.45) is 0. The van der Waals surface area contributed by atoms with Crippen LogP contribution in [-0.2, 0) is 6.54 Å². The van der Waals surface area contributed by atoms with E-state index in [4.69, 9.17) is 5.73 Å². The average Bonchev–Trinajstić information content (AvgIpc) is 1.85. The minimum absolute atomic E-state index is 0. The fraction of sp³-hybridized carbons (Fsp3) is 0.143. The fourth-order valence-corrected chi connectivity index (χ4v) is 2.43. The van der Waals surface area contributed by atoms with E-state index < -0.39 is 0 Å². The maximum atomic E-state index is 5.46. The molecule has 0 fully saturated rings. The molecule has 0 unspecified atom stereocenters. The average molecular weight is 348 g/mol. The monoisotopic (exact) mass is 347 g/mol. The lowest BCUT2D eigenvalue weighted by atomic mass is 10.2. The SMILES string of the molecule is Cl.NCc1cc(Br)cc(I)c1. The quantitative estimate of drug-likeness (QED) is 0.776. The Morgan fingerprint density at radius 3 is 2.45 bits per heavy atom. The second-order valence-corrected chi connectivity index (χ2v) is 4.14. The van der Waals surface area contributed by atoms with Crippen LogP contribution in [0.15, 0.2) is 22.7 Å². The van der Waals surface area contributed by atoms with Crippen molar-refractivity contribution in [2.75, 3.05) is 0 Å². The van der Waals surface area contributed by atoms with Gasteiger partial charge in [0.15, 0.2) is 0 Å². The van der Waals surface area contributed by atoms with Gasteiger partial charge in [0.05, 0.1) is 0 Å². The molecule has 0 aliphatic carbocycles. The standard InChI is InChI=1S/C7H7BrIN.ClH/c8-6-1-5(4-10)2-7(9)3-6;/h1-3H,4,10H2;1H. The number of hydrogen-bond acceptors (Lipinski definition) is 1. The van der Waals surface area contributed by atoms with Crippen molar-refractivity contribution in [1.29, 1.82) is 0 Å². The lowest BCUT2D eigenvalue weighted by Crippen LogP contribution is -1.96. The van der Waals surface area contributed by atoms with E-state index >= 15 is 0 Å². The van der Waals surface area contributed by atoms with Crippen LogP contribution in [0.5, 0.6) is 0 Å². The highest BCUT2D eigenvalue weighted by molar-refractivity contribution is 14.1. The van der Waals surface area contributed by atoms with E-state index in [0.717, 1.165) is 4.47 Å². The largest absolute Gasteiger partial charge is 0.326 e. The van der Waals surface area contributed by atoms with Crippen molar-refractivity contribution in [2.45, 2.75) is 6.54 Å². The van der Waals surface area contributed by atoms with Gasteiger partial charge in [-0.25, -0.2) is 0 Å². The Labute approximate surface area is 94.4 Å². The minimum Gasteiger partial charge on any atom is -0.326 e. The summed E-state index contributed by atoms with van der Waals surface area (Å²) in [4.78, 5) is 0. The predicted molar refractivity (Wildman–Crippen MR) is 62.0 cm³/mol. The highest BCUT2D eigenvalue weighted by Crippen LogP contribution is 2.16. The second kappa shape index (κ2) is 5.35. The predicted octanol–water partition coefficient (Wildman–Crippen LogP) is 2.93. The fourth-order valence-electron chi connectivity index (χ4n) is 0.729. The lowest BCUT2D eigenvalue weighted by molar-refractivity contribution is 1.07. The maximum Gasteiger partial charge on any atom is 0.0189 e. The van der Waals surface area contributed by atoms with Crippen LogP contribution in [-0.4, -0.2) is 0 Å². The summed E-state index contributed by atoms with van der Waals surface area (Å²) in [5.74, 6) is 0. The van der Waals surface area contributed by atoms with E-state index in [1.807, 2.05) is 6.07 Å². The molecule has 2 N–H and O–H groups in total. The van der Waals surface area contributed by atoms with Crippen LogP contribution in [0.25, 0.3) is 0 Å². The first-order valence-corrected chi connectivity index (χ1v) is 4.74. The molecular formula is C7H8BrClIN. The van der Waals surface area contributed by atoms with Gasteiger partial charge >= 0.3 is 0 Å². The Morgan fingerprint density at radius 2 is 2.00 bits per heavy atom. The van der Waals surface area contributed by atoms with Gasteiger partial charge in [0.1, 0.15) is 0 Å². The summed E-state index contributed by atoms with van der Waals surface area (Å²) < 4.78 is 2.31. The van der Waals surface area contributed by atoms with Crippen molar-refractivity contribution in [2.24, 2.45) is 5.73 Å². The minimum atomic E-state index is 0. The zero-order valence-corrected chi connectivity index (χ0v) is 10.2. The molecule has 0 aliphatic rings. The summed E-state index contributed by atoms with van der Waals surface area (Å²) in [7, 11) is 0. The van der Waals surface area contributed by atoms with Gasteiger partial charge in [0.2, 0.25) is 0 Å². The van der Waals surface area contributed by atoms with Crippen LogP contribution < -0.4 is 5.73 Å². The third kappa shape index (κ3) is 3.73. The molecule has 1 aromatic rings. The van der Waals surface area contributed by atoms with Gasteiger partial charge in [-0.05, 0) is 46.4 Å². The third-order valence-corrected chi connectivity index (χ3v) is 2.24. The lowest BCUT2D eigenvalue weighted by Gasteiger charge is -1.98. The molecule has 0 atom stereocenters. The molecule has 0 aliphatic heterocycles. The molecule has 4 heteroatoms. The zero-order chi connectivity index (χ0) is 7.56. The highest BCUT2D eigenvalue weighted by atomic mass is 127. The summed E-state index contributed by atoms with van der Waals surface area (Å²) in [6.45, 7) is 0.607. The Morgan fingerprint density at radius 1 is 1.36 bits per heavy atom. The van der Waals surface area contributed by atoms with Gasteiger partial charge in [-0.3, -0.25) is 0 Å². The first-order valence-electron chi connectivity index (χ1n) is 2.87. The van der Waals surface area contributed by atoms with E-state index in [-0.39, 0.29) is 12.4 Å². The zero-order valence-electron chi connectivity index (χ0n) is 5.68. The van der Waals surface area contributed by atoms with Gasteiger partial charge in [0, 0.05) is 14.6 Å². The first kappa shape index (κ1) is 11.7. The number of rotatable bonds is 1. The maximum absolute atomic E-state index is 5.46. The van der Waals surface area contributed by atoms with Crippen molar-refractivity contribution in [3.05, 3.63) is 31.8 Å². The second-order valence-electron chi connectivity index (χ2n) is 1.98. The van der Waals surface area contributed by atoms with Crippen molar-refractivity contribution in [3.63, 3.8) is 0 Å².